The van der Waals surface area contributed by atoms with Crippen molar-refractivity contribution in [1.29, 1.82) is 0 Å². The largest absolute Gasteiger partial charge is 2.00 e. The summed E-state index contributed by atoms with van der Waals surface area (Å²) in [5.41, 5.74) is 3.85. The molecule has 0 spiro atoms. The number of nitrogens with zero attached hydrogens (tertiary/aromatic N) is 2. The van der Waals surface area contributed by atoms with Crippen LogP contribution in [0.3, 0.4) is 0 Å². The van der Waals surface area contributed by atoms with E-state index >= 15 is 0 Å². The van der Waals surface area contributed by atoms with E-state index in [2.05, 4.69) is 9.97 Å². The molecule has 0 fully saturated rings. The number of aliphatic carboxylic acids is 1. The smallest absolute Gasteiger partial charge is 0.550 e. The van der Waals surface area contributed by atoms with E-state index < -0.39 is 5.97 Å². The van der Waals surface area contributed by atoms with Crippen LogP contribution in [0.4, 0.5) is 0 Å². The Morgan fingerprint density at radius 1 is 1.15 bits per heavy atom. The van der Waals surface area contributed by atoms with Crippen molar-refractivity contribution in [2.24, 2.45) is 0 Å². The molecule has 0 unspecified atom stereocenters. The number of carbonyl (C=O) groups excluding carboxylic acids is 1. The van der Waals surface area contributed by atoms with Gasteiger partial charge in [0.05, 0.1) is 11.4 Å². The Kier molecular flexibility index (Phi) is 6.46. The quantitative estimate of drug-likeness (QED) is 0.762. The van der Waals surface area contributed by atoms with Gasteiger partial charge in [0.25, 0.3) is 0 Å². The summed E-state index contributed by atoms with van der Waals surface area (Å²) in [6, 6.07) is 7.77. The molecule has 0 aliphatic rings. The van der Waals surface area contributed by atoms with Gasteiger partial charge in [0.1, 0.15) is 0 Å². The predicted molar refractivity (Wildman–Crippen MR) is 70.2 cm³/mol. The fourth-order valence-electron chi connectivity index (χ4n) is 1.88. The maximum atomic E-state index is 10.4. The summed E-state index contributed by atoms with van der Waals surface area (Å²) in [5.74, 6) is -1.00. The first-order valence-electron chi connectivity index (χ1n) is 6.23. The zero-order valence-corrected chi connectivity index (χ0v) is 12.9. The molecule has 0 aliphatic heterocycles. The number of carboxylic acids is 1. The van der Waals surface area contributed by atoms with Crippen LogP contribution in [0.15, 0.2) is 36.7 Å². The third-order valence-electron chi connectivity index (χ3n) is 2.85. The number of carbonyl (C=O) groups is 1. The van der Waals surface area contributed by atoms with Crippen LogP contribution in [0.2, 0.25) is 0 Å². The third-order valence-corrected chi connectivity index (χ3v) is 2.85. The van der Waals surface area contributed by atoms with E-state index in [-0.39, 0.29) is 25.9 Å². The fourth-order valence-corrected chi connectivity index (χ4v) is 1.88. The Balaban J connectivity index is 0.00000200. The zero-order valence-electron chi connectivity index (χ0n) is 11.1. The van der Waals surface area contributed by atoms with Gasteiger partial charge in [-0.3, -0.25) is 9.97 Å². The van der Waals surface area contributed by atoms with E-state index in [1.165, 1.54) is 0 Å². The van der Waals surface area contributed by atoms with Gasteiger partial charge in [-0.2, -0.15) is 0 Å². The van der Waals surface area contributed by atoms with Gasteiger partial charge in [-0.15, -0.1) is 0 Å². The summed E-state index contributed by atoms with van der Waals surface area (Å²) in [6.45, 7) is 2.01. The molecule has 0 aliphatic carbocycles. The Hall–Kier alpha value is -1.61. The third kappa shape index (κ3) is 4.82. The number of rotatable bonds is 5. The van der Waals surface area contributed by atoms with Crippen molar-refractivity contribution in [3.63, 3.8) is 0 Å². The molecule has 0 bridgehead atoms. The molecule has 0 N–H and O–H groups in total. The second-order valence-corrected chi connectivity index (χ2v) is 4.49. The van der Waals surface area contributed by atoms with E-state index in [0.29, 0.717) is 12.8 Å². The molecule has 2 heterocycles. The van der Waals surface area contributed by atoms with Crippen LogP contribution in [0.5, 0.6) is 0 Å². The second-order valence-electron chi connectivity index (χ2n) is 4.49. The molecule has 104 valence electrons. The fraction of sp³-hybridized carbons (Fsp3) is 0.267. The molecule has 0 saturated heterocycles. The first kappa shape index (κ1) is 16.4. The van der Waals surface area contributed by atoms with Gasteiger partial charge in [0.15, 0.2) is 0 Å². The molecule has 20 heavy (non-hydrogen) atoms. The van der Waals surface area contributed by atoms with Gasteiger partial charge in [-0.25, -0.2) is 0 Å². The van der Waals surface area contributed by atoms with Crippen molar-refractivity contribution in [1.82, 2.24) is 9.97 Å². The molecule has 2 aromatic heterocycles. The van der Waals surface area contributed by atoms with E-state index in [1.54, 1.807) is 12.4 Å². The Morgan fingerprint density at radius 2 is 1.80 bits per heavy atom. The summed E-state index contributed by atoms with van der Waals surface area (Å²) in [4.78, 5) is 19.0. The van der Waals surface area contributed by atoms with Gasteiger partial charge in [-0.1, -0.05) is 0 Å². The second kappa shape index (κ2) is 7.86. The minimum Gasteiger partial charge on any atom is -0.550 e. The molecule has 0 aromatic carbocycles. The normalized spacial score (nSPS) is 9.85. The molecule has 0 atom stereocenters. The van der Waals surface area contributed by atoms with Gasteiger partial charge in [0.2, 0.25) is 0 Å². The summed E-state index contributed by atoms with van der Waals surface area (Å²) >= 11 is 0. The Labute approximate surface area is 131 Å². The molecular formula is C15H15N2O2Ru+. The molecule has 2 aromatic rings. The molecule has 0 amide bonds. The summed E-state index contributed by atoms with van der Waals surface area (Å²) in [5, 5.41) is 10.4. The Morgan fingerprint density at radius 3 is 2.45 bits per heavy atom. The van der Waals surface area contributed by atoms with Gasteiger partial charge in [-0.05, 0) is 61.6 Å². The summed E-state index contributed by atoms with van der Waals surface area (Å²) < 4.78 is 0. The average Bonchev–Trinajstić information content (AvgIpc) is 2.39. The van der Waals surface area contributed by atoms with Crippen molar-refractivity contribution in [2.75, 3.05) is 0 Å². The molecule has 5 heteroatoms. The molecule has 0 radical (unpaired) electrons. The Bertz CT molecular complexity index is 588. The number of pyridine rings is 2. The van der Waals surface area contributed by atoms with E-state index in [1.807, 2.05) is 31.2 Å². The number of hydrogen-bond acceptors (Lipinski definition) is 4. The minimum absolute atomic E-state index is 0. The standard InChI is InChI=1S/C15H16N2O2.Ru/c1-11-5-7-16-13(9-11)14-10-12(6-8-17-14)3-2-4-15(18)19;/h5-10H,2-4H2,1H3,(H,18,19);/q;+2/p-1. The minimum atomic E-state index is -1.00. The van der Waals surface area contributed by atoms with E-state index in [4.69, 9.17) is 0 Å². The zero-order chi connectivity index (χ0) is 13.7. The number of hydrogen-bond donors (Lipinski definition) is 0. The average molecular weight is 356 g/mol. The maximum absolute atomic E-state index is 10.4. The first-order valence-corrected chi connectivity index (χ1v) is 6.23. The molecule has 0 saturated carbocycles. The molecule has 4 nitrogen and oxygen atoms in total. The number of aryl methyl sites for hydroxylation is 2. The van der Waals surface area contributed by atoms with Gasteiger partial charge < -0.3 is 9.90 Å². The monoisotopic (exact) mass is 357 g/mol. The molecule has 2 rings (SSSR count). The van der Waals surface area contributed by atoms with Crippen LogP contribution in [-0.4, -0.2) is 15.9 Å². The van der Waals surface area contributed by atoms with Crippen LogP contribution in [0, 0.1) is 6.92 Å². The van der Waals surface area contributed by atoms with Crippen LogP contribution >= 0.6 is 0 Å². The van der Waals surface area contributed by atoms with Crippen molar-refractivity contribution < 1.29 is 29.4 Å². The van der Waals surface area contributed by atoms with Crippen LogP contribution in [0.25, 0.3) is 11.4 Å². The number of carboxylic acid groups (broad SMARTS) is 1. The van der Waals surface area contributed by atoms with Crippen LogP contribution < -0.4 is 5.11 Å². The van der Waals surface area contributed by atoms with Crippen molar-refractivity contribution in [3.05, 3.63) is 47.8 Å². The summed E-state index contributed by atoms with van der Waals surface area (Å²) in [7, 11) is 0. The SMILES string of the molecule is Cc1ccnc(-c2cc(CCCC(=O)[O-])ccn2)c1.[Ru+2]. The van der Waals surface area contributed by atoms with Crippen LogP contribution in [0.1, 0.15) is 24.0 Å². The molecular weight excluding hydrogens is 341 g/mol. The van der Waals surface area contributed by atoms with Crippen LogP contribution in [-0.2, 0) is 30.7 Å². The summed E-state index contributed by atoms with van der Waals surface area (Å²) in [6.07, 6.45) is 4.85. The van der Waals surface area contributed by atoms with E-state index in [9.17, 15) is 9.90 Å². The number of aromatic nitrogens is 2. The van der Waals surface area contributed by atoms with Gasteiger partial charge in [0, 0.05) is 18.4 Å². The van der Waals surface area contributed by atoms with Crippen molar-refractivity contribution in [3.8, 4) is 11.4 Å². The predicted octanol–water partition coefficient (Wildman–Crippen LogP) is 1.52. The van der Waals surface area contributed by atoms with Crippen molar-refractivity contribution >= 4 is 5.97 Å². The maximum Gasteiger partial charge on any atom is 2.00 e. The topological polar surface area (TPSA) is 65.9 Å². The van der Waals surface area contributed by atoms with Crippen molar-refractivity contribution in [2.45, 2.75) is 26.2 Å². The first-order chi connectivity index (χ1) is 9.15. The van der Waals surface area contributed by atoms with E-state index in [0.717, 1.165) is 22.5 Å². The van der Waals surface area contributed by atoms with Gasteiger partial charge >= 0.3 is 19.5 Å².